The molecule has 0 aromatic carbocycles. The second kappa shape index (κ2) is 5.89. The summed E-state index contributed by atoms with van der Waals surface area (Å²) in [7, 11) is 1.65. The molecule has 1 fully saturated rings. The number of methoxy groups -OCH3 is 1. The van der Waals surface area contributed by atoms with Crippen molar-refractivity contribution in [3.63, 3.8) is 0 Å². The zero-order valence-corrected chi connectivity index (χ0v) is 10.8. The van der Waals surface area contributed by atoms with Gasteiger partial charge in [0.25, 0.3) is 0 Å². The normalized spacial score (nSPS) is 24.4. The SMILES string of the molecule is COc1cc(NCC2CCCCC2C)ccn1. The first-order valence-corrected chi connectivity index (χ1v) is 6.53. The number of pyridine rings is 1. The van der Waals surface area contributed by atoms with Gasteiger partial charge in [-0.05, 0) is 24.3 Å². The van der Waals surface area contributed by atoms with E-state index in [0.717, 1.165) is 24.1 Å². The summed E-state index contributed by atoms with van der Waals surface area (Å²) >= 11 is 0. The van der Waals surface area contributed by atoms with Crippen molar-refractivity contribution in [3.05, 3.63) is 18.3 Å². The van der Waals surface area contributed by atoms with E-state index in [1.807, 2.05) is 12.1 Å². The lowest BCUT2D eigenvalue weighted by atomic mass is 9.80. The van der Waals surface area contributed by atoms with Gasteiger partial charge in [0.05, 0.1) is 7.11 Å². The lowest BCUT2D eigenvalue weighted by Crippen LogP contribution is -2.24. The number of rotatable bonds is 4. The van der Waals surface area contributed by atoms with Gasteiger partial charge in [0.15, 0.2) is 0 Å². The van der Waals surface area contributed by atoms with E-state index in [-0.39, 0.29) is 0 Å². The van der Waals surface area contributed by atoms with E-state index in [9.17, 15) is 0 Å². The fourth-order valence-electron chi connectivity index (χ4n) is 2.58. The average Bonchev–Trinajstić information content (AvgIpc) is 2.38. The zero-order valence-electron chi connectivity index (χ0n) is 10.8. The second-order valence-electron chi connectivity index (χ2n) is 4.99. The molecular weight excluding hydrogens is 212 g/mol. The van der Waals surface area contributed by atoms with E-state index in [4.69, 9.17) is 4.74 Å². The summed E-state index contributed by atoms with van der Waals surface area (Å²) in [6, 6.07) is 3.95. The van der Waals surface area contributed by atoms with Crippen molar-refractivity contribution in [3.8, 4) is 5.88 Å². The lowest BCUT2D eigenvalue weighted by Gasteiger charge is -2.29. The molecule has 1 N–H and O–H groups in total. The average molecular weight is 234 g/mol. The van der Waals surface area contributed by atoms with Crippen molar-refractivity contribution < 1.29 is 4.74 Å². The van der Waals surface area contributed by atoms with Gasteiger partial charge in [0.1, 0.15) is 0 Å². The van der Waals surface area contributed by atoms with Crippen LogP contribution in [0.4, 0.5) is 5.69 Å². The van der Waals surface area contributed by atoms with Gasteiger partial charge in [-0.15, -0.1) is 0 Å². The Kier molecular flexibility index (Phi) is 4.24. The van der Waals surface area contributed by atoms with Crippen LogP contribution in [0.3, 0.4) is 0 Å². The Bertz CT molecular complexity index is 354. The molecule has 1 aliphatic carbocycles. The monoisotopic (exact) mass is 234 g/mol. The predicted molar refractivity (Wildman–Crippen MR) is 70.4 cm³/mol. The highest BCUT2D eigenvalue weighted by Crippen LogP contribution is 2.29. The van der Waals surface area contributed by atoms with Crippen LogP contribution in [0.15, 0.2) is 18.3 Å². The molecule has 17 heavy (non-hydrogen) atoms. The van der Waals surface area contributed by atoms with Crippen molar-refractivity contribution in [1.82, 2.24) is 4.98 Å². The van der Waals surface area contributed by atoms with Crippen molar-refractivity contribution in [1.29, 1.82) is 0 Å². The smallest absolute Gasteiger partial charge is 0.214 e. The first kappa shape index (κ1) is 12.2. The first-order valence-electron chi connectivity index (χ1n) is 6.53. The molecule has 94 valence electrons. The maximum Gasteiger partial charge on any atom is 0.214 e. The summed E-state index contributed by atoms with van der Waals surface area (Å²) in [4.78, 5) is 4.11. The highest BCUT2D eigenvalue weighted by molar-refractivity contribution is 5.44. The summed E-state index contributed by atoms with van der Waals surface area (Å²) in [6.45, 7) is 3.44. The molecule has 2 unspecified atom stereocenters. The fraction of sp³-hybridized carbons (Fsp3) is 0.643. The van der Waals surface area contributed by atoms with E-state index >= 15 is 0 Å². The number of hydrogen-bond acceptors (Lipinski definition) is 3. The first-order chi connectivity index (χ1) is 8.29. The molecule has 3 nitrogen and oxygen atoms in total. The molecule has 0 amide bonds. The Morgan fingerprint density at radius 1 is 1.41 bits per heavy atom. The predicted octanol–water partition coefficient (Wildman–Crippen LogP) is 3.33. The van der Waals surface area contributed by atoms with Crippen LogP contribution in [0.2, 0.25) is 0 Å². The molecule has 0 spiro atoms. The van der Waals surface area contributed by atoms with Crippen LogP contribution in [-0.4, -0.2) is 18.6 Å². The molecule has 2 rings (SSSR count). The summed E-state index contributed by atoms with van der Waals surface area (Å²) in [5.41, 5.74) is 1.11. The van der Waals surface area contributed by atoms with Crippen LogP contribution in [0, 0.1) is 11.8 Å². The minimum atomic E-state index is 0.673. The number of aromatic nitrogens is 1. The summed E-state index contributed by atoms with van der Waals surface area (Å²) in [6.07, 6.45) is 7.31. The van der Waals surface area contributed by atoms with Gasteiger partial charge >= 0.3 is 0 Å². The molecule has 1 aliphatic rings. The van der Waals surface area contributed by atoms with Gasteiger partial charge in [-0.2, -0.15) is 0 Å². The number of nitrogens with zero attached hydrogens (tertiary/aromatic N) is 1. The quantitative estimate of drug-likeness (QED) is 0.867. The molecule has 1 saturated carbocycles. The molecule has 0 saturated heterocycles. The number of anilines is 1. The molecular formula is C14H22N2O. The van der Waals surface area contributed by atoms with Crippen molar-refractivity contribution in [2.45, 2.75) is 32.6 Å². The highest BCUT2D eigenvalue weighted by Gasteiger charge is 2.20. The van der Waals surface area contributed by atoms with Crippen LogP contribution in [0.1, 0.15) is 32.6 Å². The van der Waals surface area contributed by atoms with Gasteiger partial charge in [0, 0.05) is 24.5 Å². The third-order valence-corrected chi connectivity index (χ3v) is 3.80. The van der Waals surface area contributed by atoms with Gasteiger partial charge in [-0.25, -0.2) is 4.98 Å². The Morgan fingerprint density at radius 2 is 2.24 bits per heavy atom. The maximum atomic E-state index is 5.12. The number of ether oxygens (including phenoxy) is 1. The highest BCUT2D eigenvalue weighted by atomic mass is 16.5. The molecule has 3 heteroatoms. The Balaban J connectivity index is 1.88. The largest absolute Gasteiger partial charge is 0.481 e. The molecule has 0 aliphatic heterocycles. The van der Waals surface area contributed by atoms with E-state index in [1.54, 1.807) is 13.3 Å². The third-order valence-electron chi connectivity index (χ3n) is 3.80. The minimum absolute atomic E-state index is 0.673. The standard InChI is InChI=1S/C14H22N2O/c1-11-5-3-4-6-12(11)10-16-13-7-8-15-14(9-13)17-2/h7-9,11-12H,3-6,10H2,1-2H3,(H,15,16). The number of nitrogens with one attached hydrogen (secondary N) is 1. The van der Waals surface area contributed by atoms with E-state index in [1.165, 1.54) is 25.7 Å². The zero-order chi connectivity index (χ0) is 12.1. The molecule has 2 atom stereocenters. The van der Waals surface area contributed by atoms with Gasteiger partial charge in [0.2, 0.25) is 5.88 Å². The summed E-state index contributed by atoms with van der Waals surface area (Å²) in [5, 5.41) is 3.50. The van der Waals surface area contributed by atoms with Crippen LogP contribution >= 0.6 is 0 Å². The van der Waals surface area contributed by atoms with Gasteiger partial charge < -0.3 is 10.1 Å². The van der Waals surface area contributed by atoms with Crippen LogP contribution in [-0.2, 0) is 0 Å². The van der Waals surface area contributed by atoms with Crippen molar-refractivity contribution in [2.24, 2.45) is 11.8 Å². The van der Waals surface area contributed by atoms with E-state index in [2.05, 4.69) is 17.2 Å². The lowest BCUT2D eigenvalue weighted by molar-refractivity contribution is 0.268. The molecule has 1 aromatic heterocycles. The molecule has 1 heterocycles. The van der Waals surface area contributed by atoms with Crippen LogP contribution in [0.25, 0.3) is 0 Å². The second-order valence-corrected chi connectivity index (χ2v) is 4.99. The molecule has 0 bridgehead atoms. The Labute approximate surface area is 104 Å². The van der Waals surface area contributed by atoms with E-state index < -0.39 is 0 Å². The maximum absolute atomic E-state index is 5.12. The third kappa shape index (κ3) is 3.35. The Morgan fingerprint density at radius 3 is 3.00 bits per heavy atom. The topological polar surface area (TPSA) is 34.1 Å². The van der Waals surface area contributed by atoms with Crippen molar-refractivity contribution >= 4 is 5.69 Å². The Hall–Kier alpha value is -1.25. The van der Waals surface area contributed by atoms with Crippen LogP contribution in [0.5, 0.6) is 5.88 Å². The van der Waals surface area contributed by atoms with Crippen LogP contribution < -0.4 is 10.1 Å². The number of hydrogen-bond donors (Lipinski definition) is 1. The van der Waals surface area contributed by atoms with Crippen molar-refractivity contribution in [2.75, 3.05) is 19.0 Å². The van der Waals surface area contributed by atoms with E-state index in [0.29, 0.717) is 5.88 Å². The summed E-state index contributed by atoms with van der Waals surface area (Å²) in [5.74, 6) is 2.33. The fourth-order valence-corrected chi connectivity index (χ4v) is 2.58. The van der Waals surface area contributed by atoms with Gasteiger partial charge in [-0.1, -0.05) is 26.2 Å². The molecule has 1 aromatic rings. The summed E-state index contributed by atoms with van der Waals surface area (Å²) < 4.78 is 5.12. The minimum Gasteiger partial charge on any atom is -0.481 e. The molecule has 0 radical (unpaired) electrons. The van der Waals surface area contributed by atoms with Gasteiger partial charge in [-0.3, -0.25) is 0 Å².